The molecule has 120 valence electrons. The Morgan fingerprint density at radius 1 is 1.35 bits per heavy atom. The van der Waals surface area contributed by atoms with Crippen molar-refractivity contribution in [2.45, 2.75) is 31.0 Å². The normalized spacial score (nSPS) is 32.2. The predicted molar refractivity (Wildman–Crippen MR) is 58.6 cm³/mol. The van der Waals surface area contributed by atoms with E-state index in [0.29, 0.717) is 0 Å². The Bertz CT molecular complexity index is 516. The number of nitrogens with one attached hydrogen (secondary N) is 1. The Morgan fingerprint density at radius 2 is 1.95 bits per heavy atom. The molecule has 0 spiro atoms. The van der Waals surface area contributed by atoms with E-state index in [1.807, 2.05) is 0 Å². The second-order valence-electron chi connectivity index (χ2n) is 3.96. The van der Waals surface area contributed by atoms with Crippen molar-refractivity contribution in [2.75, 3.05) is 13.7 Å². The van der Waals surface area contributed by atoms with Crippen LogP contribution < -0.4 is 4.72 Å². The van der Waals surface area contributed by atoms with Crippen molar-refractivity contribution in [3.05, 3.63) is 0 Å². The zero-order valence-electron chi connectivity index (χ0n) is 10.2. The van der Waals surface area contributed by atoms with Crippen LogP contribution in [-0.2, 0) is 34.4 Å². The minimum Gasteiger partial charge on any atom is -0.735 e. The fraction of sp³-hybridized carbons (Fsp3) is 1.00. The molecule has 1 heterocycles. The van der Waals surface area contributed by atoms with Gasteiger partial charge in [-0.15, -0.1) is 0 Å². The van der Waals surface area contributed by atoms with E-state index in [-0.39, 0.29) is 6.42 Å². The molecule has 13 heteroatoms. The lowest BCUT2D eigenvalue weighted by atomic mass is 10.0. The molecule has 1 saturated heterocycles. The third-order valence-electron chi connectivity index (χ3n) is 2.45. The molecule has 1 aliphatic rings. The summed E-state index contributed by atoms with van der Waals surface area (Å²) in [6.07, 6.45) is -4.01. The molecular weight excluding hydrogens is 322 g/mol. The number of aliphatic hydroxyl groups excluding tert-OH is 1. The van der Waals surface area contributed by atoms with E-state index < -0.39 is 51.8 Å². The zero-order chi connectivity index (χ0) is 15.6. The highest BCUT2D eigenvalue weighted by Gasteiger charge is 2.39. The number of hydrogen-bond donors (Lipinski definition) is 2. The Kier molecular flexibility index (Phi) is 5.82. The smallest absolute Gasteiger partial charge is 0.217 e. The fourth-order valence-corrected chi connectivity index (χ4v) is 2.62. The van der Waals surface area contributed by atoms with E-state index in [9.17, 15) is 31.0 Å². The lowest BCUT2D eigenvalue weighted by Gasteiger charge is -2.39. The highest BCUT2D eigenvalue weighted by molar-refractivity contribution is 7.83. The molecule has 4 atom stereocenters. The van der Waals surface area contributed by atoms with Gasteiger partial charge >= 0.3 is 0 Å². The second-order valence-corrected chi connectivity index (χ2v) is 6.15. The van der Waals surface area contributed by atoms with Crippen LogP contribution in [0.5, 0.6) is 0 Å². The molecule has 0 aromatic carbocycles. The van der Waals surface area contributed by atoms with Gasteiger partial charge in [0, 0.05) is 13.5 Å². The SMILES string of the molecule is CO[C@H]1OC(COS(=O)(=O)[O-])C[C@@H](O)C1NS(=O)(=O)[O-]. The maximum Gasteiger partial charge on any atom is 0.217 e. The summed E-state index contributed by atoms with van der Waals surface area (Å²) in [4.78, 5) is 0. The Labute approximate surface area is 115 Å². The first-order chi connectivity index (χ1) is 9.02. The van der Waals surface area contributed by atoms with Crippen LogP contribution in [0.3, 0.4) is 0 Å². The van der Waals surface area contributed by atoms with E-state index in [0.717, 1.165) is 7.11 Å². The van der Waals surface area contributed by atoms with Gasteiger partial charge in [0.05, 0.1) is 24.9 Å². The highest BCUT2D eigenvalue weighted by atomic mass is 32.3. The molecule has 1 fully saturated rings. The Morgan fingerprint density at radius 3 is 2.40 bits per heavy atom. The van der Waals surface area contributed by atoms with Crippen molar-refractivity contribution in [3.8, 4) is 0 Å². The topological polar surface area (TPSA) is 174 Å². The van der Waals surface area contributed by atoms with Crippen molar-refractivity contribution in [2.24, 2.45) is 0 Å². The van der Waals surface area contributed by atoms with Gasteiger partial charge < -0.3 is 23.7 Å². The third kappa shape index (κ3) is 5.94. The van der Waals surface area contributed by atoms with E-state index in [4.69, 9.17) is 9.47 Å². The standard InChI is InChI=1S/C7H15NO10S2/c1-16-7-6(8-19(10,11)12)5(9)2-4(18-7)3-17-20(13,14)15/h4-9H,2-3H2,1H3,(H,10,11,12)(H,13,14,15)/p-2/t4?,5-,6?,7+/m1/s1. The summed E-state index contributed by atoms with van der Waals surface area (Å²) in [5.41, 5.74) is 0. The number of hydrogen-bond acceptors (Lipinski definition) is 10. The summed E-state index contributed by atoms with van der Waals surface area (Å²) in [5, 5.41) is 9.72. The molecule has 20 heavy (non-hydrogen) atoms. The molecule has 0 amide bonds. The van der Waals surface area contributed by atoms with Gasteiger partial charge in [0.25, 0.3) is 0 Å². The summed E-state index contributed by atoms with van der Waals surface area (Å²) in [6, 6.07) is -1.36. The number of rotatable bonds is 6. The van der Waals surface area contributed by atoms with Gasteiger partial charge in [0.2, 0.25) is 10.4 Å². The monoisotopic (exact) mass is 335 g/mol. The van der Waals surface area contributed by atoms with Gasteiger partial charge in [-0.05, 0) is 0 Å². The van der Waals surface area contributed by atoms with Crippen LogP contribution in [-0.4, -0.2) is 69.3 Å². The van der Waals surface area contributed by atoms with Crippen LogP contribution in [0.15, 0.2) is 0 Å². The summed E-state index contributed by atoms with van der Waals surface area (Å²) < 4.78 is 78.1. The van der Waals surface area contributed by atoms with Crippen LogP contribution in [0.4, 0.5) is 0 Å². The maximum absolute atomic E-state index is 10.6. The first kappa shape index (κ1) is 17.7. The van der Waals surface area contributed by atoms with E-state index in [1.165, 1.54) is 0 Å². The maximum atomic E-state index is 10.6. The molecule has 0 aliphatic carbocycles. The molecule has 2 unspecified atom stereocenters. The quantitative estimate of drug-likeness (QED) is 0.376. The van der Waals surface area contributed by atoms with E-state index in [1.54, 1.807) is 4.72 Å². The molecule has 0 radical (unpaired) electrons. The van der Waals surface area contributed by atoms with E-state index in [2.05, 4.69) is 4.18 Å². The molecule has 2 N–H and O–H groups in total. The zero-order valence-corrected chi connectivity index (χ0v) is 11.8. The van der Waals surface area contributed by atoms with Gasteiger partial charge in [-0.25, -0.2) is 21.6 Å². The Balaban J connectivity index is 2.70. The molecular formula is C7H13NO10S2-2. The number of methoxy groups -OCH3 is 1. The number of aliphatic hydroxyl groups is 1. The molecule has 0 bridgehead atoms. The average molecular weight is 335 g/mol. The fourth-order valence-electron chi connectivity index (χ4n) is 1.70. The van der Waals surface area contributed by atoms with Crippen LogP contribution in [0.1, 0.15) is 6.42 Å². The lowest BCUT2D eigenvalue weighted by molar-refractivity contribution is -0.222. The first-order valence-corrected chi connectivity index (χ1v) is 7.95. The van der Waals surface area contributed by atoms with Crippen LogP contribution in [0, 0.1) is 0 Å². The van der Waals surface area contributed by atoms with Crippen LogP contribution in [0.25, 0.3) is 0 Å². The molecule has 0 saturated carbocycles. The molecule has 1 aliphatic heterocycles. The summed E-state index contributed by atoms with van der Waals surface area (Å²) in [7, 11) is -8.65. The van der Waals surface area contributed by atoms with E-state index >= 15 is 0 Å². The van der Waals surface area contributed by atoms with Crippen LogP contribution in [0.2, 0.25) is 0 Å². The van der Waals surface area contributed by atoms with Gasteiger partial charge in [-0.2, -0.15) is 0 Å². The van der Waals surface area contributed by atoms with Crippen molar-refractivity contribution < 1.29 is 44.7 Å². The van der Waals surface area contributed by atoms with Gasteiger partial charge in [-0.3, -0.25) is 4.18 Å². The predicted octanol–water partition coefficient (Wildman–Crippen LogP) is -3.00. The lowest BCUT2D eigenvalue weighted by Crippen LogP contribution is -2.58. The van der Waals surface area contributed by atoms with Gasteiger partial charge in [0.15, 0.2) is 16.6 Å². The van der Waals surface area contributed by atoms with Crippen molar-refractivity contribution in [3.63, 3.8) is 0 Å². The molecule has 0 aromatic heterocycles. The molecule has 0 aromatic rings. The Hall–Kier alpha value is -0.380. The first-order valence-electron chi connectivity index (χ1n) is 5.21. The minimum absolute atomic E-state index is 0.261. The summed E-state index contributed by atoms with van der Waals surface area (Å²) in [5.74, 6) is 0. The summed E-state index contributed by atoms with van der Waals surface area (Å²) >= 11 is 0. The van der Waals surface area contributed by atoms with Crippen molar-refractivity contribution in [1.82, 2.24) is 4.72 Å². The number of ether oxygens (including phenoxy) is 2. The van der Waals surface area contributed by atoms with Crippen molar-refractivity contribution >= 4 is 20.7 Å². The third-order valence-corrected chi connectivity index (χ3v) is 3.44. The van der Waals surface area contributed by atoms with Gasteiger partial charge in [0.1, 0.15) is 0 Å². The second kappa shape index (κ2) is 6.59. The highest BCUT2D eigenvalue weighted by Crippen LogP contribution is 2.22. The largest absolute Gasteiger partial charge is 0.735 e. The van der Waals surface area contributed by atoms with Crippen molar-refractivity contribution in [1.29, 1.82) is 0 Å². The molecule has 1 rings (SSSR count). The molecule has 11 nitrogen and oxygen atoms in total. The average Bonchev–Trinajstić information content (AvgIpc) is 2.26. The summed E-state index contributed by atoms with van der Waals surface area (Å²) in [6.45, 7) is -0.667. The van der Waals surface area contributed by atoms with Gasteiger partial charge in [-0.1, -0.05) is 0 Å². The van der Waals surface area contributed by atoms with Crippen LogP contribution >= 0.6 is 0 Å². The minimum atomic E-state index is -4.92.